The molecule has 1 spiro atoms. The zero-order valence-corrected chi connectivity index (χ0v) is 17.4. The number of rotatable bonds is 4. The average molecular weight is 495 g/mol. The first-order chi connectivity index (χ1) is 14.5. The van der Waals surface area contributed by atoms with Crippen molar-refractivity contribution in [3.05, 3.63) is 0 Å². The van der Waals surface area contributed by atoms with Gasteiger partial charge in [0.1, 0.15) is 0 Å². The van der Waals surface area contributed by atoms with Gasteiger partial charge in [0.25, 0.3) is 0 Å². The summed E-state index contributed by atoms with van der Waals surface area (Å²) in [6, 6.07) is 0. The number of hydrogen-bond acceptors (Lipinski definition) is 7. The summed E-state index contributed by atoms with van der Waals surface area (Å²) in [6.45, 7) is 0.781. The topological polar surface area (TPSA) is 102 Å². The minimum absolute atomic E-state index is 0.0187. The van der Waals surface area contributed by atoms with Crippen LogP contribution in [0.1, 0.15) is 38.5 Å². The van der Waals surface area contributed by atoms with E-state index in [4.69, 9.17) is 9.47 Å². The number of ether oxygens (including phenoxy) is 3. The van der Waals surface area contributed by atoms with Crippen LogP contribution in [0.4, 0.5) is 26.3 Å². The molecule has 5 fully saturated rings. The van der Waals surface area contributed by atoms with E-state index in [1.807, 2.05) is 0 Å². The minimum Gasteiger partial charge on any atom is -0.748 e. The van der Waals surface area contributed by atoms with Crippen molar-refractivity contribution >= 4 is 16.1 Å². The van der Waals surface area contributed by atoms with E-state index in [1.165, 1.54) is 0 Å². The molecule has 1 heterocycles. The Balaban J connectivity index is 1.68. The van der Waals surface area contributed by atoms with Crippen molar-refractivity contribution in [3.63, 3.8) is 0 Å². The maximum atomic E-state index is 13.6. The van der Waals surface area contributed by atoms with Gasteiger partial charge in [-0.25, -0.2) is 8.42 Å². The average Bonchev–Trinajstić information content (AvgIpc) is 2.63. The highest BCUT2D eigenvalue weighted by molar-refractivity contribution is 7.85. The molecule has 5 rings (SSSR count). The van der Waals surface area contributed by atoms with Gasteiger partial charge < -0.3 is 18.8 Å². The Morgan fingerprint density at radius 3 is 1.91 bits per heavy atom. The third-order valence-electron chi connectivity index (χ3n) is 7.27. The molecule has 7 nitrogen and oxygen atoms in total. The molecule has 0 aromatic rings. The third-order valence-corrected chi connectivity index (χ3v) is 8.03. The summed E-state index contributed by atoms with van der Waals surface area (Å²) in [4.78, 5) is 13.0. The van der Waals surface area contributed by atoms with Gasteiger partial charge in [-0.15, -0.1) is 0 Å². The molecule has 0 aromatic carbocycles. The van der Waals surface area contributed by atoms with Gasteiger partial charge in [0, 0.05) is 11.8 Å². The van der Waals surface area contributed by atoms with Crippen LogP contribution in [0.2, 0.25) is 0 Å². The Morgan fingerprint density at radius 2 is 1.47 bits per heavy atom. The molecule has 1 saturated heterocycles. The molecular weight excluding hydrogens is 474 g/mol. The van der Waals surface area contributed by atoms with E-state index in [2.05, 4.69) is 4.74 Å². The summed E-state index contributed by atoms with van der Waals surface area (Å²) in [5, 5.41) is 0. The molecule has 4 bridgehead atoms. The van der Waals surface area contributed by atoms with Gasteiger partial charge in [0.2, 0.25) is 0 Å². The molecule has 184 valence electrons. The van der Waals surface area contributed by atoms with Crippen molar-refractivity contribution in [2.75, 3.05) is 19.0 Å². The highest BCUT2D eigenvalue weighted by Gasteiger charge is 2.76. The van der Waals surface area contributed by atoms with Crippen LogP contribution in [0.25, 0.3) is 0 Å². The fourth-order valence-electron chi connectivity index (χ4n) is 6.20. The lowest BCUT2D eigenvalue weighted by atomic mass is 9.47. The monoisotopic (exact) mass is 495 g/mol. The molecule has 4 aliphatic carbocycles. The van der Waals surface area contributed by atoms with E-state index in [9.17, 15) is 44.1 Å². The van der Waals surface area contributed by atoms with Crippen LogP contribution in [-0.2, 0) is 29.1 Å². The second-order valence-corrected chi connectivity index (χ2v) is 10.7. The second kappa shape index (κ2) is 7.19. The quantitative estimate of drug-likeness (QED) is 0.336. The van der Waals surface area contributed by atoms with Crippen LogP contribution in [0.15, 0.2) is 0 Å². The summed E-state index contributed by atoms with van der Waals surface area (Å²) in [5.41, 5.74) is -7.11. The van der Waals surface area contributed by atoms with E-state index in [1.54, 1.807) is 0 Å². The lowest BCUT2D eigenvalue weighted by Gasteiger charge is -2.64. The molecule has 5 aliphatic rings. The first-order valence-corrected chi connectivity index (χ1v) is 11.7. The summed E-state index contributed by atoms with van der Waals surface area (Å²) in [5.74, 6) is -6.79. The number of hydrogen-bond donors (Lipinski definition) is 0. The van der Waals surface area contributed by atoms with Crippen LogP contribution < -0.4 is 0 Å². The van der Waals surface area contributed by atoms with Crippen molar-refractivity contribution < 1.29 is 58.3 Å². The van der Waals surface area contributed by atoms with Gasteiger partial charge in [-0.3, -0.25) is 4.79 Å². The lowest BCUT2D eigenvalue weighted by molar-refractivity contribution is -0.377. The van der Waals surface area contributed by atoms with Crippen molar-refractivity contribution in [2.45, 2.75) is 62.3 Å². The molecule has 2 atom stereocenters. The van der Waals surface area contributed by atoms with Crippen molar-refractivity contribution in [3.8, 4) is 0 Å². The fraction of sp³-hybridized carbons (Fsp3) is 0.944. The third kappa shape index (κ3) is 3.61. The first kappa shape index (κ1) is 24.0. The number of carbonyl (C=O) groups excluding carboxylic acids is 1. The molecule has 0 N–H and O–H groups in total. The Labute approximate surface area is 179 Å². The van der Waals surface area contributed by atoms with E-state index >= 15 is 0 Å². The van der Waals surface area contributed by atoms with Gasteiger partial charge in [0.15, 0.2) is 5.79 Å². The van der Waals surface area contributed by atoms with E-state index in [-0.39, 0.29) is 25.2 Å². The molecule has 1 aliphatic heterocycles. The predicted octanol–water partition coefficient (Wildman–Crippen LogP) is 2.90. The molecule has 4 saturated carbocycles. The molecular formula is C18H21F6O7S-. The Morgan fingerprint density at radius 1 is 0.969 bits per heavy atom. The smallest absolute Gasteiger partial charge is 0.438 e. The normalized spacial score (nSPS) is 34.7. The maximum Gasteiger partial charge on any atom is 0.438 e. The maximum absolute atomic E-state index is 13.6. The highest BCUT2D eigenvalue weighted by Crippen LogP contribution is 2.66. The summed E-state index contributed by atoms with van der Waals surface area (Å²) in [7, 11) is -6.08. The van der Waals surface area contributed by atoms with Gasteiger partial charge in [-0.1, -0.05) is 0 Å². The molecule has 2 unspecified atom stereocenters. The Kier molecular flexibility index (Phi) is 5.40. The van der Waals surface area contributed by atoms with Crippen LogP contribution in [-0.4, -0.2) is 61.6 Å². The second-order valence-electron chi connectivity index (χ2n) is 9.31. The van der Waals surface area contributed by atoms with Crippen molar-refractivity contribution in [2.24, 2.45) is 23.2 Å². The Bertz CT molecular complexity index is 845. The number of halogens is 6. The van der Waals surface area contributed by atoms with Crippen molar-refractivity contribution in [1.29, 1.82) is 0 Å². The zero-order chi connectivity index (χ0) is 23.8. The summed E-state index contributed by atoms with van der Waals surface area (Å²) in [6.07, 6.45) is -11.2. The minimum atomic E-state index is -6.38. The predicted molar refractivity (Wildman–Crippen MR) is 90.7 cm³/mol. The summed E-state index contributed by atoms with van der Waals surface area (Å²) >= 11 is 0. The van der Waals surface area contributed by atoms with E-state index < -0.39 is 62.8 Å². The van der Waals surface area contributed by atoms with Crippen molar-refractivity contribution in [1.82, 2.24) is 0 Å². The molecule has 14 heteroatoms. The lowest BCUT2D eigenvalue weighted by Crippen LogP contribution is -2.68. The number of alkyl halides is 6. The molecule has 0 radical (unpaired) electrons. The van der Waals surface area contributed by atoms with Crippen LogP contribution in [0.3, 0.4) is 0 Å². The SMILES string of the molecule is O=C(OC(CS(=O)(=O)[O-])(C(F)(F)F)C(F)(F)F)C12CC3CC(C1)C1(OCCCO1)C(C3)C2. The first-order valence-electron chi connectivity index (χ1n) is 10.1. The van der Waals surface area contributed by atoms with Crippen LogP contribution in [0, 0.1) is 23.2 Å². The molecule has 32 heavy (non-hydrogen) atoms. The standard InChI is InChI=1S/C18H22F6O7S/c19-17(20,21)15(18(22,23)24,9-32(26,27)28)31-13(25)14-6-10-4-11(7-14)16(12(5-10)8-14)29-2-1-3-30-16/h10-12H,1-9H2,(H,26,27,28)/p-1. The molecule has 0 amide bonds. The fourth-order valence-corrected chi connectivity index (χ4v) is 7.08. The largest absolute Gasteiger partial charge is 0.748 e. The van der Waals surface area contributed by atoms with Crippen LogP contribution in [0.5, 0.6) is 0 Å². The van der Waals surface area contributed by atoms with Gasteiger partial charge in [-0.05, 0) is 44.4 Å². The molecule has 0 aromatic heterocycles. The van der Waals surface area contributed by atoms with Crippen LogP contribution >= 0.6 is 0 Å². The van der Waals surface area contributed by atoms with Gasteiger partial charge in [0.05, 0.1) is 34.5 Å². The van der Waals surface area contributed by atoms with Gasteiger partial charge >= 0.3 is 23.9 Å². The van der Waals surface area contributed by atoms with Gasteiger partial charge in [-0.2, -0.15) is 26.3 Å². The zero-order valence-electron chi connectivity index (χ0n) is 16.6. The Hall–Kier alpha value is -1.12. The van der Waals surface area contributed by atoms with E-state index in [0.29, 0.717) is 32.5 Å². The number of esters is 1. The highest BCUT2D eigenvalue weighted by atomic mass is 32.2. The number of carbonyl (C=O) groups is 1. The van der Waals surface area contributed by atoms with E-state index in [0.717, 1.165) is 0 Å². The summed E-state index contributed by atoms with van der Waals surface area (Å²) < 4.78 is 130.